The number of nitrogens with one attached hydrogen (secondary N) is 1. The van der Waals surface area contributed by atoms with Gasteiger partial charge in [-0.25, -0.2) is 0 Å². The summed E-state index contributed by atoms with van der Waals surface area (Å²) >= 11 is 0. The second-order valence-corrected chi connectivity index (χ2v) is 5.10. The van der Waals surface area contributed by atoms with E-state index >= 15 is 0 Å². The minimum absolute atomic E-state index is 0.499. The smallest absolute Gasteiger partial charge is 0.151 e. The molecule has 1 aliphatic heterocycles. The average Bonchev–Trinajstić information content (AvgIpc) is 2.55. The summed E-state index contributed by atoms with van der Waals surface area (Å²) in [5, 5.41) is 11.8. The quantitative estimate of drug-likeness (QED) is 0.914. The second-order valence-electron chi connectivity index (χ2n) is 5.10. The van der Waals surface area contributed by atoms with Gasteiger partial charge in [0.2, 0.25) is 0 Å². The summed E-state index contributed by atoms with van der Waals surface area (Å²) in [4.78, 5) is 6.35. The summed E-state index contributed by atoms with van der Waals surface area (Å²) in [7, 11) is 0. The summed E-state index contributed by atoms with van der Waals surface area (Å²) in [5.41, 5.74) is 1.27. The van der Waals surface area contributed by atoms with E-state index in [-0.39, 0.29) is 0 Å². The van der Waals surface area contributed by atoms with Crippen LogP contribution < -0.4 is 10.2 Å². The van der Waals surface area contributed by atoms with Crippen LogP contribution >= 0.6 is 0 Å². The van der Waals surface area contributed by atoms with Crippen LogP contribution in [0.2, 0.25) is 0 Å². The van der Waals surface area contributed by atoms with Crippen molar-refractivity contribution in [2.45, 2.75) is 25.4 Å². The summed E-state index contributed by atoms with van der Waals surface area (Å²) in [6, 6.07) is 8.57. The van der Waals surface area contributed by atoms with E-state index in [4.69, 9.17) is 0 Å². The number of hydrogen-bond donors (Lipinski definition) is 1. The summed E-state index contributed by atoms with van der Waals surface area (Å²) in [6.45, 7) is 2.94. The molecule has 1 aliphatic rings. The van der Waals surface area contributed by atoms with Crippen LogP contribution in [0.5, 0.6) is 0 Å². The molecule has 5 nitrogen and oxygen atoms in total. The fourth-order valence-electron chi connectivity index (χ4n) is 2.58. The monoisotopic (exact) mass is 269 g/mol. The minimum Gasteiger partial charge on any atom is -0.354 e. The van der Waals surface area contributed by atoms with Crippen molar-refractivity contribution in [1.29, 1.82) is 0 Å². The number of piperidine rings is 1. The zero-order chi connectivity index (χ0) is 13.6. The van der Waals surface area contributed by atoms with Crippen LogP contribution in [0.3, 0.4) is 0 Å². The zero-order valence-electron chi connectivity index (χ0n) is 11.4. The Balaban J connectivity index is 1.56. The van der Waals surface area contributed by atoms with E-state index in [0.717, 1.165) is 25.5 Å². The van der Waals surface area contributed by atoms with Gasteiger partial charge < -0.3 is 10.2 Å². The molecule has 20 heavy (non-hydrogen) atoms. The summed E-state index contributed by atoms with van der Waals surface area (Å²) in [6.07, 6.45) is 7.78. The third-order valence-electron chi connectivity index (χ3n) is 3.65. The van der Waals surface area contributed by atoms with Crippen LogP contribution in [0.4, 0.5) is 5.82 Å². The summed E-state index contributed by atoms with van der Waals surface area (Å²) in [5.74, 6) is 0.975. The third-order valence-corrected chi connectivity index (χ3v) is 3.65. The van der Waals surface area contributed by atoms with Crippen molar-refractivity contribution in [1.82, 2.24) is 20.5 Å². The molecule has 0 spiro atoms. The predicted molar refractivity (Wildman–Crippen MR) is 78.3 cm³/mol. The minimum atomic E-state index is 0.499. The fourth-order valence-corrected chi connectivity index (χ4v) is 2.58. The molecule has 3 heterocycles. The molecule has 1 atom stereocenters. The molecular formula is C15H19N5. The maximum absolute atomic E-state index is 4.20. The lowest BCUT2D eigenvalue weighted by Crippen LogP contribution is -2.45. The molecule has 5 heteroatoms. The highest BCUT2D eigenvalue weighted by molar-refractivity contribution is 5.37. The lowest BCUT2D eigenvalue weighted by atomic mass is 10.1. The van der Waals surface area contributed by atoms with E-state index in [1.807, 2.05) is 24.5 Å². The van der Waals surface area contributed by atoms with E-state index in [2.05, 4.69) is 37.5 Å². The van der Waals surface area contributed by atoms with Crippen LogP contribution in [-0.4, -0.2) is 34.3 Å². The average molecular weight is 269 g/mol. The Morgan fingerprint density at radius 1 is 1.20 bits per heavy atom. The highest BCUT2D eigenvalue weighted by atomic mass is 15.3. The number of aromatic nitrogens is 3. The molecule has 2 aromatic heterocycles. The fraction of sp³-hybridized carbons (Fsp3) is 0.400. The van der Waals surface area contributed by atoms with Gasteiger partial charge in [-0.2, -0.15) is 5.10 Å². The number of pyridine rings is 1. The van der Waals surface area contributed by atoms with Gasteiger partial charge in [-0.15, -0.1) is 5.10 Å². The van der Waals surface area contributed by atoms with E-state index in [0.29, 0.717) is 6.04 Å². The molecule has 0 aliphatic carbocycles. The van der Waals surface area contributed by atoms with Crippen LogP contribution in [0, 0.1) is 0 Å². The first-order valence-electron chi connectivity index (χ1n) is 7.07. The number of rotatable bonds is 4. The lowest BCUT2D eigenvalue weighted by molar-refractivity contribution is 0.419. The maximum atomic E-state index is 4.20. The normalized spacial score (nSPS) is 19.0. The van der Waals surface area contributed by atoms with E-state index < -0.39 is 0 Å². The molecule has 0 bridgehead atoms. The topological polar surface area (TPSA) is 53.9 Å². The first-order chi connectivity index (χ1) is 9.92. The van der Waals surface area contributed by atoms with Crippen LogP contribution in [0.15, 0.2) is 42.9 Å². The standard InChI is InChI=1S/C15H19N5/c1-4-15(19-18-7-1)20-10-2-3-14(12-20)17-11-13-5-8-16-9-6-13/h1,4-9,14,17H,2-3,10-12H2. The summed E-state index contributed by atoms with van der Waals surface area (Å²) < 4.78 is 0. The predicted octanol–water partition coefficient (Wildman–Crippen LogP) is 1.63. The van der Waals surface area contributed by atoms with Crippen molar-refractivity contribution in [2.24, 2.45) is 0 Å². The van der Waals surface area contributed by atoms with E-state index in [1.54, 1.807) is 6.20 Å². The van der Waals surface area contributed by atoms with Gasteiger partial charge in [0.25, 0.3) is 0 Å². The lowest BCUT2D eigenvalue weighted by Gasteiger charge is -2.33. The molecule has 1 saturated heterocycles. The first-order valence-corrected chi connectivity index (χ1v) is 7.07. The van der Waals surface area contributed by atoms with Crippen molar-refractivity contribution in [3.63, 3.8) is 0 Å². The number of nitrogens with zero attached hydrogens (tertiary/aromatic N) is 4. The third kappa shape index (κ3) is 3.30. The van der Waals surface area contributed by atoms with Gasteiger partial charge in [0, 0.05) is 44.3 Å². The van der Waals surface area contributed by atoms with Crippen molar-refractivity contribution >= 4 is 5.82 Å². The van der Waals surface area contributed by atoms with Crippen LogP contribution in [-0.2, 0) is 6.54 Å². The molecule has 1 N–H and O–H groups in total. The van der Waals surface area contributed by atoms with Gasteiger partial charge in [0.1, 0.15) is 0 Å². The van der Waals surface area contributed by atoms with Gasteiger partial charge in [0.15, 0.2) is 5.82 Å². The first kappa shape index (κ1) is 13.0. The van der Waals surface area contributed by atoms with Crippen LogP contribution in [0.25, 0.3) is 0 Å². The van der Waals surface area contributed by atoms with Crippen molar-refractivity contribution in [2.75, 3.05) is 18.0 Å². The Bertz CT molecular complexity index is 516. The van der Waals surface area contributed by atoms with Gasteiger partial charge in [0.05, 0.1) is 0 Å². The zero-order valence-corrected chi connectivity index (χ0v) is 11.4. The maximum Gasteiger partial charge on any atom is 0.151 e. The molecule has 1 fully saturated rings. The van der Waals surface area contributed by atoms with Crippen molar-refractivity contribution < 1.29 is 0 Å². The van der Waals surface area contributed by atoms with Gasteiger partial charge in [-0.1, -0.05) is 0 Å². The van der Waals surface area contributed by atoms with Crippen molar-refractivity contribution in [3.05, 3.63) is 48.4 Å². The van der Waals surface area contributed by atoms with Gasteiger partial charge in [-0.05, 0) is 42.7 Å². The highest BCUT2D eigenvalue weighted by Gasteiger charge is 2.20. The van der Waals surface area contributed by atoms with Gasteiger partial charge in [-0.3, -0.25) is 4.98 Å². The Kier molecular flexibility index (Phi) is 4.18. The van der Waals surface area contributed by atoms with E-state index in [9.17, 15) is 0 Å². The molecule has 0 amide bonds. The van der Waals surface area contributed by atoms with Crippen molar-refractivity contribution in [3.8, 4) is 0 Å². The van der Waals surface area contributed by atoms with E-state index in [1.165, 1.54) is 18.4 Å². The van der Waals surface area contributed by atoms with Gasteiger partial charge >= 0.3 is 0 Å². The highest BCUT2D eigenvalue weighted by Crippen LogP contribution is 2.16. The Morgan fingerprint density at radius 2 is 2.10 bits per heavy atom. The molecule has 0 aromatic carbocycles. The molecule has 3 rings (SSSR count). The Labute approximate surface area is 119 Å². The van der Waals surface area contributed by atoms with Crippen LogP contribution in [0.1, 0.15) is 18.4 Å². The molecule has 1 unspecified atom stereocenters. The molecule has 104 valence electrons. The number of hydrogen-bond acceptors (Lipinski definition) is 5. The Hall–Kier alpha value is -2.01. The largest absolute Gasteiger partial charge is 0.354 e. The molecule has 0 radical (unpaired) electrons. The SMILES string of the molecule is c1cnnc(N2CCCC(NCc3ccncc3)C2)c1. The number of anilines is 1. The molecule has 2 aromatic rings. The second kappa shape index (κ2) is 6.43. The molecule has 0 saturated carbocycles. The Morgan fingerprint density at radius 3 is 2.90 bits per heavy atom. The molecular weight excluding hydrogens is 250 g/mol.